The van der Waals surface area contributed by atoms with Crippen LogP contribution in [0.3, 0.4) is 0 Å². The molecule has 1 aromatic carbocycles. The highest BCUT2D eigenvalue weighted by molar-refractivity contribution is 5.80. The third-order valence-corrected chi connectivity index (χ3v) is 5.85. The number of hydrogen-bond acceptors (Lipinski definition) is 4. The van der Waals surface area contributed by atoms with E-state index in [1.54, 1.807) is 6.26 Å². The van der Waals surface area contributed by atoms with Gasteiger partial charge in [-0.1, -0.05) is 24.6 Å². The Morgan fingerprint density at radius 1 is 1.17 bits per heavy atom. The first-order chi connectivity index (χ1) is 14.3. The van der Waals surface area contributed by atoms with E-state index in [0.29, 0.717) is 12.4 Å². The second-order valence-electron chi connectivity index (χ2n) is 8.14. The molecule has 4 rings (SSSR count). The molecule has 2 fully saturated rings. The summed E-state index contributed by atoms with van der Waals surface area (Å²) < 4.78 is 5.65. The molecule has 0 aliphatic carbocycles. The first-order valence-corrected chi connectivity index (χ1v) is 11.1. The van der Waals surface area contributed by atoms with Gasteiger partial charge in [-0.15, -0.1) is 0 Å². The summed E-state index contributed by atoms with van der Waals surface area (Å²) in [4.78, 5) is 14.5. The van der Waals surface area contributed by atoms with Gasteiger partial charge >= 0.3 is 0 Å². The molecule has 6 nitrogen and oxygen atoms in total. The third kappa shape index (κ3) is 5.38. The Balaban J connectivity index is 1.35. The zero-order valence-electron chi connectivity index (χ0n) is 17.5. The molecule has 1 N–H and O–H groups in total. The van der Waals surface area contributed by atoms with Crippen LogP contribution in [0.2, 0.25) is 0 Å². The summed E-state index contributed by atoms with van der Waals surface area (Å²) in [6.45, 7) is 9.50. The lowest BCUT2D eigenvalue weighted by molar-refractivity contribution is 0.198. The average molecular weight is 396 g/mol. The quantitative estimate of drug-likeness (QED) is 0.598. The lowest BCUT2D eigenvalue weighted by atomic mass is 10.1. The number of aromatic nitrogens is 1. The van der Waals surface area contributed by atoms with Crippen LogP contribution in [-0.4, -0.2) is 60.0 Å². The van der Waals surface area contributed by atoms with Crippen molar-refractivity contribution in [1.29, 1.82) is 0 Å². The zero-order chi connectivity index (χ0) is 19.9. The van der Waals surface area contributed by atoms with Crippen molar-refractivity contribution in [2.75, 3.05) is 39.3 Å². The average Bonchev–Trinajstić information content (AvgIpc) is 3.42. The second-order valence-corrected chi connectivity index (χ2v) is 8.14. The van der Waals surface area contributed by atoms with E-state index in [2.05, 4.69) is 27.0 Å². The lowest BCUT2D eigenvalue weighted by Gasteiger charge is -2.29. The Morgan fingerprint density at radius 3 is 2.79 bits per heavy atom. The van der Waals surface area contributed by atoms with Crippen molar-refractivity contribution in [2.45, 2.75) is 39.2 Å². The molecule has 29 heavy (non-hydrogen) atoms. The Hall–Kier alpha value is -2.34. The monoisotopic (exact) mass is 395 g/mol. The number of oxazole rings is 1. The van der Waals surface area contributed by atoms with Crippen LogP contribution in [-0.2, 0) is 6.54 Å². The maximum Gasteiger partial charge on any atom is 0.226 e. The molecule has 2 aromatic rings. The Kier molecular flexibility index (Phi) is 6.83. The molecule has 0 saturated carbocycles. The van der Waals surface area contributed by atoms with Crippen molar-refractivity contribution in [1.82, 2.24) is 20.1 Å². The van der Waals surface area contributed by atoms with Gasteiger partial charge in [0, 0.05) is 31.7 Å². The molecule has 2 saturated heterocycles. The summed E-state index contributed by atoms with van der Waals surface area (Å²) in [5, 5.41) is 3.46. The number of hydrogen-bond donors (Lipinski definition) is 1. The van der Waals surface area contributed by atoms with Gasteiger partial charge in [-0.25, -0.2) is 9.98 Å². The lowest BCUT2D eigenvalue weighted by Crippen LogP contribution is -2.41. The van der Waals surface area contributed by atoms with Crippen molar-refractivity contribution in [3.05, 3.63) is 42.3 Å². The standard InChI is InChI=1S/C23H33N5O/c1-2-24-23(28-14-11-19(17-28)16-27-12-7-4-8-13-27)25-15-21-18-29-22(26-21)20-9-5-3-6-10-20/h3,5-6,9-10,18-19H,2,4,7-8,11-17H2,1H3,(H,24,25). The molecule has 1 unspecified atom stereocenters. The third-order valence-electron chi connectivity index (χ3n) is 5.85. The summed E-state index contributed by atoms with van der Waals surface area (Å²) in [5.41, 5.74) is 1.86. The fourth-order valence-corrected chi connectivity index (χ4v) is 4.36. The first-order valence-electron chi connectivity index (χ1n) is 11.1. The van der Waals surface area contributed by atoms with Gasteiger partial charge in [0.2, 0.25) is 5.89 Å². The van der Waals surface area contributed by atoms with Gasteiger partial charge in [0.25, 0.3) is 0 Å². The predicted octanol–water partition coefficient (Wildman–Crippen LogP) is 3.61. The minimum absolute atomic E-state index is 0.534. The Labute approximate surface area is 174 Å². The number of aliphatic imine (C=N–C) groups is 1. The second kappa shape index (κ2) is 9.92. The number of nitrogens with zero attached hydrogens (tertiary/aromatic N) is 4. The molecule has 6 heteroatoms. The molecule has 0 amide bonds. The number of nitrogens with one attached hydrogen (secondary N) is 1. The van der Waals surface area contributed by atoms with E-state index in [9.17, 15) is 0 Å². The van der Waals surface area contributed by atoms with Crippen LogP contribution in [0, 0.1) is 5.92 Å². The summed E-state index contributed by atoms with van der Waals surface area (Å²) >= 11 is 0. The topological polar surface area (TPSA) is 56.9 Å². The van der Waals surface area contributed by atoms with Crippen molar-refractivity contribution >= 4 is 5.96 Å². The van der Waals surface area contributed by atoms with Crippen LogP contribution in [0.1, 0.15) is 38.3 Å². The fourth-order valence-electron chi connectivity index (χ4n) is 4.36. The number of piperidine rings is 1. The summed E-state index contributed by atoms with van der Waals surface area (Å²) in [6, 6.07) is 10.0. The molecule has 2 aliphatic heterocycles. The highest BCUT2D eigenvalue weighted by atomic mass is 16.3. The Morgan fingerprint density at radius 2 is 2.00 bits per heavy atom. The van der Waals surface area contributed by atoms with E-state index in [4.69, 9.17) is 9.41 Å². The molecular formula is C23H33N5O. The highest BCUT2D eigenvalue weighted by Gasteiger charge is 2.27. The van der Waals surface area contributed by atoms with E-state index in [1.807, 2.05) is 30.3 Å². The van der Waals surface area contributed by atoms with E-state index in [1.165, 1.54) is 45.3 Å². The van der Waals surface area contributed by atoms with Gasteiger partial charge in [0.05, 0.1) is 6.54 Å². The van der Waals surface area contributed by atoms with Crippen molar-refractivity contribution in [3.8, 4) is 11.5 Å². The van der Waals surface area contributed by atoms with Crippen molar-refractivity contribution in [3.63, 3.8) is 0 Å². The molecular weight excluding hydrogens is 362 g/mol. The van der Waals surface area contributed by atoms with Gasteiger partial charge in [0.15, 0.2) is 5.96 Å². The van der Waals surface area contributed by atoms with Gasteiger partial charge in [-0.05, 0) is 57.3 Å². The number of guanidine groups is 1. The molecule has 0 spiro atoms. The predicted molar refractivity (Wildman–Crippen MR) is 117 cm³/mol. The van der Waals surface area contributed by atoms with Gasteiger partial charge in [-0.3, -0.25) is 0 Å². The number of likely N-dealkylation sites (tertiary alicyclic amines) is 2. The van der Waals surface area contributed by atoms with Crippen LogP contribution in [0.15, 0.2) is 46.0 Å². The van der Waals surface area contributed by atoms with Crippen LogP contribution in [0.4, 0.5) is 0 Å². The van der Waals surface area contributed by atoms with Gasteiger partial charge in [0.1, 0.15) is 12.0 Å². The summed E-state index contributed by atoms with van der Waals surface area (Å²) in [6.07, 6.45) is 7.10. The molecule has 156 valence electrons. The van der Waals surface area contributed by atoms with E-state index in [0.717, 1.165) is 42.8 Å². The molecule has 0 radical (unpaired) electrons. The van der Waals surface area contributed by atoms with E-state index >= 15 is 0 Å². The molecule has 1 aromatic heterocycles. The van der Waals surface area contributed by atoms with Gasteiger partial charge in [-0.2, -0.15) is 0 Å². The fraction of sp³-hybridized carbons (Fsp3) is 0.565. The number of rotatable bonds is 6. The minimum atomic E-state index is 0.534. The van der Waals surface area contributed by atoms with Gasteiger partial charge < -0.3 is 19.5 Å². The van der Waals surface area contributed by atoms with E-state index < -0.39 is 0 Å². The maximum atomic E-state index is 5.65. The summed E-state index contributed by atoms with van der Waals surface area (Å²) in [5.74, 6) is 2.40. The smallest absolute Gasteiger partial charge is 0.226 e. The SMILES string of the molecule is CCNC(=NCc1coc(-c2ccccc2)n1)N1CCC(CN2CCCCC2)C1. The molecule has 3 heterocycles. The molecule has 2 aliphatic rings. The highest BCUT2D eigenvalue weighted by Crippen LogP contribution is 2.21. The largest absolute Gasteiger partial charge is 0.444 e. The summed E-state index contributed by atoms with van der Waals surface area (Å²) in [7, 11) is 0. The van der Waals surface area contributed by atoms with Crippen molar-refractivity contribution < 1.29 is 4.42 Å². The zero-order valence-corrected chi connectivity index (χ0v) is 17.5. The maximum absolute atomic E-state index is 5.65. The number of benzene rings is 1. The van der Waals surface area contributed by atoms with Crippen LogP contribution >= 0.6 is 0 Å². The first kappa shape index (κ1) is 20.0. The van der Waals surface area contributed by atoms with Crippen LogP contribution in [0.5, 0.6) is 0 Å². The molecule has 0 bridgehead atoms. The minimum Gasteiger partial charge on any atom is -0.444 e. The molecule has 1 atom stereocenters. The normalized spacial score (nSPS) is 20.9. The van der Waals surface area contributed by atoms with Crippen LogP contribution < -0.4 is 5.32 Å². The van der Waals surface area contributed by atoms with E-state index in [-0.39, 0.29) is 0 Å². The Bertz CT molecular complexity index is 782. The van der Waals surface area contributed by atoms with Crippen LogP contribution in [0.25, 0.3) is 11.5 Å². The van der Waals surface area contributed by atoms with Crippen molar-refractivity contribution in [2.24, 2.45) is 10.9 Å².